The number of ether oxygens (including phenoxy) is 3. The maximum Gasteiger partial charge on any atom is 0.306 e. The van der Waals surface area contributed by atoms with Crippen LogP contribution in [0.25, 0.3) is 0 Å². The molecule has 0 aliphatic heterocycles. The Morgan fingerprint density at radius 2 is 1.79 bits per heavy atom. The molecule has 5 nitrogen and oxygen atoms in total. The van der Waals surface area contributed by atoms with Crippen LogP contribution in [0.3, 0.4) is 0 Å². The summed E-state index contributed by atoms with van der Waals surface area (Å²) in [5.74, 6) is -0.216. The fourth-order valence-electron chi connectivity index (χ4n) is 1.46. The van der Waals surface area contributed by atoms with Crippen molar-refractivity contribution < 1.29 is 19.0 Å². The van der Waals surface area contributed by atoms with Gasteiger partial charge in [-0.25, -0.2) is 0 Å². The van der Waals surface area contributed by atoms with Crippen LogP contribution < -0.4 is 5.73 Å². The number of carbonyl (C=O) groups excluding carboxylic acids is 1. The fourth-order valence-corrected chi connectivity index (χ4v) is 1.46. The van der Waals surface area contributed by atoms with Gasteiger partial charge in [0, 0.05) is 19.2 Å². The standard InChI is InChI=1S/C14H21NO4/c1-17-8-9-18-10-11-19-14(16)7-4-12-2-5-13(15)6-3-12/h2-3,5-6H,4,7-11,15H2,1H3. The predicted molar refractivity (Wildman–Crippen MR) is 72.8 cm³/mol. The topological polar surface area (TPSA) is 70.8 Å². The molecule has 0 spiro atoms. The molecule has 106 valence electrons. The number of hydrogen-bond acceptors (Lipinski definition) is 5. The summed E-state index contributed by atoms with van der Waals surface area (Å²) < 4.78 is 15.0. The highest BCUT2D eigenvalue weighted by atomic mass is 16.6. The first-order chi connectivity index (χ1) is 9.22. The molecule has 0 aromatic heterocycles. The number of nitrogen functional groups attached to an aromatic ring is 1. The molecule has 0 aliphatic rings. The molecule has 0 unspecified atom stereocenters. The molecule has 0 saturated heterocycles. The molecule has 0 amide bonds. The van der Waals surface area contributed by atoms with Crippen LogP contribution in [-0.4, -0.2) is 39.5 Å². The zero-order valence-corrected chi connectivity index (χ0v) is 11.3. The molecule has 1 aromatic rings. The maximum atomic E-state index is 11.4. The molecule has 1 rings (SSSR count). The van der Waals surface area contributed by atoms with E-state index in [0.717, 1.165) is 11.3 Å². The van der Waals surface area contributed by atoms with E-state index in [1.165, 1.54) is 0 Å². The van der Waals surface area contributed by atoms with E-state index in [1.54, 1.807) is 7.11 Å². The van der Waals surface area contributed by atoms with E-state index in [4.69, 9.17) is 19.9 Å². The molecule has 0 fully saturated rings. The smallest absolute Gasteiger partial charge is 0.306 e. The van der Waals surface area contributed by atoms with E-state index in [2.05, 4.69) is 0 Å². The van der Waals surface area contributed by atoms with Gasteiger partial charge >= 0.3 is 5.97 Å². The predicted octanol–water partition coefficient (Wildman–Crippen LogP) is 1.41. The van der Waals surface area contributed by atoms with Crippen molar-refractivity contribution in [3.05, 3.63) is 29.8 Å². The maximum absolute atomic E-state index is 11.4. The van der Waals surface area contributed by atoms with E-state index in [1.807, 2.05) is 24.3 Å². The Hall–Kier alpha value is -1.59. The van der Waals surface area contributed by atoms with Crippen molar-refractivity contribution in [3.63, 3.8) is 0 Å². The van der Waals surface area contributed by atoms with Gasteiger partial charge in [0.25, 0.3) is 0 Å². The highest BCUT2D eigenvalue weighted by Crippen LogP contribution is 2.08. The van der Waals surface area contributed by atoms with Crippen molar-refractivity contribution >= 4 is 11.7 Å². The lowest BCUT2D eigenvalue weighted by molar-refractivity contribution is -0.145. The monoisotopic (exact) mass is 267 g/mol. The van der Waals surface area contributed by atoms with Crippen LogP contribution in [0.5, 0.6) is 0 Å². The Kier molecular flexibility index (Phi) is 7.62. The van der Waals surface area contributed by atoms with Crippen molar-refractivity contribution in [1.29, 1.82) is 0 Å². The normalized spacial score (nSPS) is 10.4. The Labute approximate surface area is 113 Å². The molecule has 19 heavy (non-hydrogen) atoms. The molecule has 5 heteroatoms. The fraction of sp³-hybridized carbons (Fsp3) is 0.500. The van der Waals surface area contributed by atoms with Gasteiger partial charge in [-0.05, 0) is 24.1 Å². The van der Waals surface area contributed by atoms with Crippen molar-refractivity contribution in [2.24, 2.45) is 0 Å². The number of rotatable bonds is 9. The number of esters is 1. The molecule has 1 aromatic carbocycles. The number of anilines is 1. The lowest BCUT2D eigenvalue weighted by Gasteiger charge is -2.06. The van der Waals surface area contributed by atoms with Gasteiger partial charge in [-0.1, -0.05) is 12.1 Å². The summed E-state index contributed by atoms with van der Waals surface area (Å²) in [6, 6.07) is 7.47. The third kappa shape index (κ3) is 7.43. The van der Waals surface area contributed by atoms with Crippen LogP contribution in [0.2, 0.25) is 0 Å². The number of hydrogen-bond donors (Lipinski definition) is 1. The summed E-state index contributed by atoms with van der Waals surface area (Å²) in [6.07, 6.45) is 1.02. The minimum atomic E-state index is -0.216. The molecular weight excluding hydrogens is 246 g/mol. The summed E-state index contributed by atoms with van der Waals surface area (Å²) >= 11 is 0. The van der Waals surface area contributed by atoms with Crippen LogP contribution >= 0.6 is 0 Å². The van der Waals surface area contributed by atoms with Crippen LogP contribution in [0, 0.1) is 0 Å². The average molecular weight is 267 g/mol. The summed E-state index contributed by atoms with van der Waals surface area (Å²) in [5, 5.41) is 0. The molecule has 2 N–H and O–H groups in total. The zero-order valence-electron chi connectivity index (χ0n) is 11.3. The van der Waals surface area contributed by atoms with Crippen molar-refractivity contribution in [2.45, 2.75) is 12.8 Å². The lowest BCUT2D eigenvalue weighted by Crippen LogP contribution is -2.12. The third-order valence-electron chi connectivity index (χ3n) is 2.52. The molecule has 0 aliphatic carbocycles. The van der Waals surface area contributed by atoms with Gasteiger partial charge in [-0.3, -0.25) is 4.79 Å². The van der Waals surface area contributed by atoms with Gasteiger partial charge in [-0.15, -0.1) is 0 Å². The number of carbonyl (C=O) groups is 1. The van der Waals surface area contributed by atoms with Crippen LogP contribution in [0.4, 0.5) is 5.69 Å². The van der Waals surface area contributed by atoms with E-state index in [0.29, 0.717) is 32.7 Å². The summed E-state index contributed by atoms with van der Waals surface area (Å²) in [6.45, 7) is 1.74. The Morgan fingerprint density at radius 1 is 1.11 bits per heavy atom. The van der Waals surface area contributed by atoms with E-state index in [9.17, 15) is 4.79 Å². The minimum Gasteiger partial charge on any atom is -0.463 e. The summed E-state index contributed by atoms with van der Waals surface area (Å²) in [4.78, 5) is 11.4. The van der Waals surface area contributed by atoms with Gasteiger partial charge in [0.2, 0.25) is 0 Å². The average Bonchev–Trinajstić information content (AvgIpc) is 2.42. The first-order valence-electron chi connectivity index (χ1n) is 6.29. The highest BCUT2D eigenvalue weighted by molar-refractivity contribution is 5.69. The minimum absolute atomic E-state index is 0.216. The number of methoxy groups -OCH3 is 1. The summed E-state index contributed by atoms with van der Waals surface area (Å²) in [7, 11) is 1.61. The zero-order chi connectivity index (χ0) is 13.9. The highest BCUT2D eigenvalue weighted by Gasteiger charge is 2.03. The molecule has 0 atom stereocenters. The first kappa shape index (κ1) is 15.5. The second-order valence-electron chi connectivity index (χ2n) is 4.07. The first-order valence-corrected chi connectivity index (χ1v) is 6.29. The van der Waals surface area contributed by atoms with E-state index in [-0.39, 0.29) is 12.6 Å². The van der Waals surface area contributed by atoms with Crippen LogP contribution in [0.15, 0.2) is 24.3 Å². The van der Waals surface area contributed by atoms with Gasteiger partial charge < -0.3 is 19.9 Å². The summed E-state index contributed by atoms with van der Waals surface area (Å²) in [5.41, 5.74) is 7.38. The number of nitrogens with two attached hydrogens (primary N) is 1. The van der Waals surface area contributed by atoms with Crippen LogP contribution in [0.1, 0.15) is 12.0 Å². The van der Waals surface area contributed by atoms with Crippen molar-refractivity contribution in [1.82, 2.24) is 0 Å². The van der Waals surface area contributed by atoms with Gasteiger partial charge in [-0.2, -0.15) is 0 Å². The van der Waals surface area contributed by atoms with Crippen molar-refractivity contribution in [2.75, 3.05) is 39.3 Å². The Morgan fingerprint density at radius 3 is 2.47 bits per heavy atom. The molecule has 0 saturated carbocycles. The quantitative estimate of drug-likeness (QED) is 0.416. The molecular formula is C14H21NO4. The lowest BCUT2D eigenvalue weighted by atomic mass is 10.1. The van der Waals surface area contributed by atoms with Crippen molar-refractivity contribution in [3.8, 4) is 0 Å². The molecule has 0 radical (unpaired) electrons. The van der Waals surface area contributed by atoms with E-state index >= 15 is 0 Å². The van der Waals surface area contributed by atoms with Crippen LogP contribution in [-0.2, 0) is 25.4 Å². The third-order valence-corrected chi connectivity index (χ3v) is 2.52. The molecule has 0 heterocycles. The second kappa shape index (κ2) is 9.35. The molecule has 0 bridgehead atoms. The Bertz CT molecular complexity index is 364. The van der Waals surface area contributed by atoms with Gasteiger partial charge in [0.05, 0.1) is 19.8 Å². The largest absolute Gasteiger partial charge is 0.463 e. The SMILES string of the molecule is COCCOCCOC(=O)CCc1ccc(N)cc1. The van der Waals surface area contributed by atoms with E-state index < -0.39 is 0 Å². The number of aryl methyl sites for hydroxylation is 1. The number of benzene rings is 1. The van der Waals surface area contributed by atoms with Gasteiger partial charge in [0.1, 0.15) is 6.61 Å². The van der Waals surface area contributed by atoms with Gasteiger partial charge in [0.15, 0.2) is 0 Å². The Balaban J connectivity index is 2.06. The second-order valence-corrected chi connectivity index (χ2v) is 4.07.